The summed E-state index contributed by atoms with van der Waals surface area (Å²) in [5.74, 6) is 0.526. The molecule has 0 heterocycles. The van der Waals surface area contributed by atoms with Gasteiger partial charge in [0.05, 0.1) is 17.7 Å². The summed E-state index contributed by atoms with van der Waals surface area (Å²) in [6.07, 6.45) is 0. The number of ether oxygens (including phenoxy) is 3. The second kappa shape index (κ2) is 10.7. The summed E-state index contributed by atoms with van der Waals surface area (Å²) in [6, 6.07) is 23.0. The highest BCUT2D eigenvalue weighted by atomic mass is 16.5. The van der Waals surface area contributed by atoms with Gasteiger partial charge in [-0.15, -0.1) is 0 Å². The van der Waals surface area contributed by atoms with Crippen molar-refractivity contribution in [3.8, 4) is 11.5 Å². The van der Waals surface area contributed by atoms with Crippen LogP contribution in [0.4, 0.5) is 5.69 Å². The third kappa shape index (κ3) is 5.85. The van der Waals surface area contributed by atoms with Gasteiger partial charge in [-0.2, -0.15) is 0 Å². The van der Waals surface area contributed by atoms with Crippen molar-refractivity contribution in [2.45, 2.75) is 6.92 Å². The maximum atomic E-state index is 12.7. The van der Waals surface area contributed by atoms with E-state index in [2.05, 4.69) is 5.32 Å². The van der Waals surface area contributed by atoms with E-state index < -0.39 is 5.97 Å². The van der Waals surface area contributed by atoms with Crippen LogP contribution in [-0.2, 0) is 4.74 Å². The van der Waals surface area contributed by atoms with E-state index in [9.17, 15) is 9.59 Å². The molecule has 154 valence electrons. The average Bonchev–Trinajstić information content (AvgIpc) is 2.78. The topological polar surface area (TPSA) is 73.9 Å². The second-order valence-corrected chi connectivity index (χ2v) is 6.26. The first-order valence-corrected chi connectivity index (χ1v) is 9.65. The van der Waals surface area contributed by atoms with Crippen LogP contribution >= 0.6 is 0 Å². The summed E-state index contributed by atoms with van der Waals surface area (Å²) in [5.41, 5.74) is 1.40. The van der Waals surface area contributed by atoms with E-state index in [1.165, 1.54) is 0 Å². The molecule has 0 aliphatic carbocycles. The van der Waals surface area contributed by atoms with Gasteiger partial charge in [-0.05, 0) is 55.5 Å². The SMILES string of the molecule is CCOC(=O)c1ccc(NC(=O)c2ccccc2OCCOc2ccccc2)cc1. The third-order valence-corrected chi connectivity index (χ3v) is 4.14. The van der Waals surface area contributed by atoms with E-state index in [-0.39, 0.29) is 5.91 Å². The summed E-state index contributed by atoms with van der Waals surface area (Å²) >= 11 is 0. The standard InChI is InChI=1S/C24H23NO5/c1-2-28-24(27)18-12-14-19(15-13-18)25-23(26)21-10-6-7-11-22(21)30-17-16-29-20-8-4-3-5-9-20/h3-15H,2,16-17H2,1H3,(H,25,26). The Labute approximate surface area is 175 Å². The Bertz CT molecular complexity index is 970. The quantitative estimate of drug-likeness (QED) is 0.417. The minimum Gasteiger partial charge on any atom is -0.490 e. The zero-order chi connectivity index (χ0) is 21.2. The normalized spacial score (nSPS) is 10.2. The first-order valence-electron chi connectivity index (χ1n) is 9.65. The van der Waals surface area contributed by atoms with Crippen molar-refractivity contribution < 1.29 is 23.8 Å². The van der Waals surface area contributed by atoms with Gasteiger partial charge in [0.15, 0.2) is 0 Å². The molecule has 0 atom stereocenters. The van der Waals surface area contributed by atoms with Crippen LogP contribution in [0, 0.1) is 0 Å². The number of carbonyl (C=O) groups excluding carboxylic acids is 2. The Morgan fingerprint density at radius 1 is 0.800 bits per heavy atom. The van der Waals surface area contributed by atoms with Gasteiger partial charge >= 0.3 is 5.97 Å². The summed E-state index contributed by atoms with van der Waals surface area (Å²) in [4.78, 5) is 24.4. The predicted octanol–water partition coefficient (Wildman–Crippen LogP) is 4.57. The minimum atomic E-state index is -0.396. The molecule has 0 saturated carbocycles. The second-order valence-electron chi connectivity index (χ2n) is 6.26. The van der Waals surface area contributed by atoms with Crippen LogP contribution in [0.3, 0.4) is 0 Å². The van der Waals surface area contributed by atoms with Crippen molar-refractivity contribution >= 4 is 17.6 Å². The van der Waals surface area contributed by atoms with Gasteiger partial charge in [0.25, 0.3) is 5.91 Å². The van der Waals surface area contributed by atoms with Crippen molar-refractivity contribution in [1.29, 1.82) is 0 Å². The fourth-order valence-electron chi connectivity index (χ4n) is 2.71. The molecule has 0 spiro atoms. The number of esters is 1. The molecule has 30 heavy (non-hydrogen) atoms. The summed E-state index contributed by atoms with van der Waals surface area (Å²) in [5, 5.41) is 2.81. The first-order chi connectivity index (χ1) is 14.7. The molecule has 6 nitrogen and oxygen atoms in total. The smallest absolute Gasteiger partial charge is 0.338 e. The molecular weight excluding hydrogens is 382 g/mol. The molecule has 6 heteroatoms. The van der Waals surface area contributed by atoms with Crippen LogP contribution in [0.15, 0.2) is 78.9 Å². The third-order valence-electron chi connectivity index (χ3n) is 4.14. The number of rotatable bonds is 9. The Morgan fingerprint density at radius 2 is 1.47 bits per heavy atom. The van der Waals surface area contributed by atoms with Gasteiger partial charge in [-0.1, -0.05) is 30.3 Å². The molecule has 0 radical (unpaired) electrons. The number of amides is 1. The molecule has 1 N–H and O–H groups in total. The Balaban J connectivity index is 1.57. The predicted molar refractivity (Wildman–Crippen MR) is 114 cm³/mol. The highest BCUT2D eigenvalue weighted by molar-refractivity contribution is 6.06. The van der Waals surface area contributed by atoms with Crippen LogP contribution in [0.1, 0.15) is 27.6 Å². The van der Waals surface area contributed by atoms with Crippen LogP contribution in [-0.4, -0.2) is 31.7 Å². The molecule has 0 aliphatic heterocycles. The molecule has 3 rings (SSSR count). The van der Waals surface area contributed by atoms with Gasteiger partial charge in [0.1, 0.15) is 24.7 Å². The summed E-state index contributed by atoms with van der Waals surface area (Å²) < 4.78 is 16.3. The summed E-state index contributed by atoms with van der Waals surface area (Å²) in [6.45, 7) is 2.72. The number of hydrogen-bond acceptors (Lipinski definition) is 5. The first kappa shape index (κ1) is 20.9. The van der Waals surface area contributed by atoms with Gasteiger partial charge in [-0.25, -0.2) is 4.79 Å². The van der Waals surface area contributed by atoms with Gasteiger partial charge in [-0.3, -0.25) is 4.79 Å². The van der Waals surface area contributed by atoms with Crippen molar-refractivity contribution in [1.82, 2.24) is 0 Å². The highest BCUT2D eigenvalue weighted by Crippen LogP contribution is 2.20. The van der Waals surface area contributed by atoms with Crippen LogP contribution in [0.5, 0.6) is 11.5 Å². The highest BCUT2D eigenvalue weighted by Gasteiger charge is 2.13. The molecule has 0 saturated heterocycles. The number of para-hydroxylation sites is 2. The molecular formula is C24H23NO5. The lowest BCUT2D eigenvalue weighted by Crippen LogP contribution is -2.15. The number of carbonyl (C=O) groups is 2. The largest absolute Gasteiger partial charge is 0.490 e. The maximum absolute atomic E-state index is 12.7. The van der Waals surface area contributed by atoms with E-state index in [1.807, 2.05) is 30.3 Å². The van der Waals surface area contributed by atoms with E-state index >= 15 is 0 Å². The minimum absolute atomic E-state index is 0.299. The lowest BCUT2D eigenvalue weighted by atomic mass is 10.1. The average molecular weight is 405 g/mol. The van der Waals surface area contributed by atoms with Crippen LogP contribution in [0.2, 0.25) is 0 Å². The summed E-state index contributed by atoms with van der Waals surface area (Å²) in [7, 11) is 0. The molecule has 0 unspecified atom stereocenters. The van der Waals surface area contributed by atoms with Crippen molar-refractivity contribution in [2.75, 3.05) is 25.1 Å². The fourth-order valence-corrected chi connectivity index (χ4v) is 2.71. The maximum Gasteiger partial charge on any atom is 0.338 e. The van der Waals surface area contributed by atoms with Gasteiger partial charge < -0.3 is 19.5 Å². The lowest BCUT2D eigenvalue weighted by Gasteiger charge is -2.12. The van der Waals surface area contributed by atoms with Gasteiger partial charge in [0, 0.05) is 5.69 Å². The number of anilines is 1. The molecule has 0 fully saturated rings. The number of nitrogens with one attached hydrogen (secondary N) is 1. The van der Waals surface area contributed by atoms with Crippen molar-refractivity contribution in [3.63, 3.8) is 0 Å². The van der Waals surface area contributed by atoms with Crippen molar-refractivity contribution in [2.24, 2.45) is 0 Å². The molecule has 0 aromatic heterocycles. The van der Waals surface area contributed by atoms with E-state index in [0.717, 1.165) is 5.75 Å². The van der Waals surface area contributed by atoms with E-state index in [0.29, 0.717) is 42.4 Å². The van der Waals surface area contributed by atoms with E-state index in [1.54, 1.807) is 55.5 Å². The number of hydrogen-bond donors (Lipinski definition) is 1. The zero-order valence-electron chi connectivity index (χ0n) is 16.7. The van der Waals surface area contributed by atoms with Crippen molar-refractivity contribution in [3.05, 3.63) is 90.0 Å². The molecule has 3 aromatic rings. The molecule has 0 aliphatic rings. The Morgan fingerprint density at radius 3 is 2.20 bits per heavy atom. The Hall–Kier alpha value is -3.80. The van der Waals surface area contributed by atoms with Crippen LogP contribution in [0.25, 0.3) is 0 Å². The monoisotopic (exact) mass is 405 g/mol. The van der Waals surface area contributed by atoms with Crippen LogP contribution < -0.4 is 14.8 Å². The molecule has 0 bridgehead atoms. The lowest BCUT2D eigenvalue weighted by molar-refractivity contribution is 0.0526. The number of benzene rings is 3. The van der Waals surface area contributed by atoms with E-state index in [4.69, 9.17) is 14.2 Å². The fraction of sp³-hybridized carbons (Fsp3) is 0.167. The Kier molecular flexibility index (Phi) is 7.44. The molecule has 1 amide bonds. The molecule has 3 aromatic carbocycles. The van der Waals surface area contributed by atoms with Gasteiger partial charge in [0.2, 0.25) is 0 Å². The zero-order valence-corrected chi connectivity index (χ0v) is 16.7.